The molecule has 2 rings (SSSR count). The van der Waals surface area contributed by atoms with E-state index in [1.54, 1.807) is 0 Å². The Morgan fingerprint density at radius 2 is 2.13 bits per heavy atom. The molecule has 0 unspecified atom stereocenters. The van der Waals surface area contributed by atoms with Crippen LogP contribution < -0.4 is 5.73 Å². The Kier molecular flexibility index (Phi) is 2.98. The Morgan fingerprint density at radius 1 is 1.33 bits per heavy atom. The van der Waals surface area contributed by atoms with Crippen molar-refractivity contribution >= 4 is 26.8 Å². The number of rotatable bonds is 2. The van der Waals surface area contributed by atoms with Crippen molar-refractivity contribution in [3.05, 3.63) is 34.2 Å². The molecule has 0 aliphatic carbocycles. The van der Waals surface area contributed by atoms with Gasteiger partial charge in [0.25, 0.3) is 0 Å². The molecule has 0 fully saturated rings. The molecule has 2 N–H and O–H groups in total. The SMILES string of the molecule is Cc1nc(CCN)nc2c(Br)cccc12. The lowest BCUT2D eigenvalue weighted by Gasteiger charge is -2.05. The van der Waals surface area contributed by atoms with Gasteiger partial charge in [-0.05, 0) is 35.5 Å². The van der Waals surface area contributed by atoms with Crippen molar-refractivity contribution < 1.29 is 0 Å². The molecular formula is C11H12BrN3. The van der Waals surface area contributed by atoms with Crippen LogP contribution in [0.4, 0.5) is 0 Å². The highest BCUT2D eigenvalue weighted by molar-refractivity contribution is 9.10. The third-order valence-electron chi connectivity index (χ3n) is 2.28. The maximum Gasteiger partial charge on any atom is 0.130 e. The van der Waals surface area contributed by atoms with E-state index in [4.69, 9.17) is 5.73 Å². The molecule has 0 bridgehead atoms. The minimum Gasteiger partial charge on any atom is -0.330 e. The van der Waals surface area contributed by atoms with Crippen LogP contribution in [-0.4, -0.2) is 16.5 Å². The number of hydrogen-bond acceptors (Lipinski definition) is 3. The molecule has 2 aromatic rings. The number of nitrogens with zero attached hydrogens (tertiary/aromatic N) is 2. The summed E-state index contributed by atoms with van der Waals surface area (Å²) in [6.07, 6.45) is 0.720. The van der Waals surface area contributed by atoms with Gasteiger partial charge >= 0.3 is 0 Å². The van der Waals surface area contributed by atoms with Gasteiger partial charge in [-0.1, -0.05) is 12.1 Å². The quantitative estimate of drug-likeness (QED) is 0.906. The van der Waals surface area contributed by atoms with Gasteiger partial charge in [0.05, 0.1) is 5.52 Å². The van der Waals surface area contributed by atoms with Gasteiger partial charge in [0, 0.05) is 22.0 Å². The fourth-order valence-corrected chi connectivity index (χ4v) is 2.02. The van der Waals surface area contributed by atoms with Gasteiger partial charge in [-0.15, -0.1) is 0 Å². The summed E-state index contributed by atoms with van der Waals surface area (Å²) in [5.41, 5.74) is 7.47. The number of halogens is 1. The number of benzene rings is 1. The molecule has 1 aromatic heterocycles. The Hall–Kier alpha value is -1.00. The second-order valence-corrected chi connectivity index (χ2v) is 4.25. The first kappa shape index (κ1) is 10.5. The smallest absolute Gasteiger partial charge is 0.130 e. The highest BCUT2D eigenvalue weighted by atomic mass is 79.9. The molecule has 1 aromatic carbocycles. The molecule has 0 aliphatic heterocycles. The van der Waals surface area contributed by atoms with E-state index in [9.17, 15) is 0 Å². The molecule has 78 valence electrons. The molecule has 0 radical (unpaired) electrons. The first-order chi connectivity index (χ1) is 7.22. The summed E-state index contributed by atoms with van der Waals surface area (Å²) in [6, 6.07) is 6.01. The zero-order valence-corrected chi connectivity index (χ0v) is 10.1. The molecule has 0 aliphatic rings. The molecule has 15 heavy (non-hydrogen) atoms. The number of fused-ring (bicyclic) bond motifs is 1. The maximum atomic E-state index is 5.50. The predicted molar refractivity (Wildman–Crippen MR) is 64.7 cm³/mol. The molecule has 4 heteroatoms. The van der Waals surface area contributed by atoms with Crippen molar-refractivity contribution in [1.29, 1.82) is 0 Å². The van der Waals surface area contributed by atoms with Crippen molar-refractivity contribution in [2.24, 2.45) is 5.73 Å². The van der Waals surface area contributed by atoms with Crippen molar-refractivity contribution in [2.75, 3.05) is 6.54 Å². The monoisotopic (exact) mass is 265 g/mol. The number of aryl methyl sites for hydroxylation is 1. The topological polar surface area (TPSA) is 51.8 Å². The first-order valence-electron chi connectivity index (χ1n) is 4.84. The maximum absolute atomic E-state index is 5.50. The minimum absolute atomic E-state index is 0.579. The third-order valence-corrected chi connectivity index (χ3v) is 2.92. The van der Waals surface area contributed by atoms with Crippen LogP contribution in [0, 0.1) is 6.92 Å². The fourth-order valence-electron chi connectivity index (χ4n) is 1.57. The van der Waals surface area contributed by atoms with Crippen LogP contribution >= 0.6 is 15.9 Å². The molecule has 3 nitrogen and oxygen atoms in total. The molecular weight excluding hydrogens is 254 g/mol. The van der Waals surface area contributed by atoms with Crippen LogP contribution in [0.5, 0.6) is 0 Å². The van der Waals surface area contributed by atoms with E-state index in [-0.39, 0.29) is 0 Å². The van der Waals surface area contributed by atoms with Crippen LogP contribution in [0.25, 0.3) is 10.9 Å². The van der Waals surface area contributed by atoms with Gasteiger partial charge in [0.2, 0.25) is 0 Å². The van der Waals surface area contributed by atoms with E-state index < -0.39 is 0 Å². The van der Waals surface area contributed by atoms with Crippen molar-refractivity contribution in [2.45, 2.75) is 13.3 Å². The minimum atomic E-state index is 0.579. The van der Waals surface area contributed by atoms with Gasteiger partial charge < -0.3 is 5.73 Å². The van der Waals surface area contributed by atoms with Gasteiger partial charge in [0.15, 0.2) is 0 Å². The predicted octanol–water partition coefficient (Wildman–Crippen LogP) is 2.20. The Morgan fingerprint density at radius 3 is 2.87 bits per heavy atom. The van der Waals surface area contributed by atoms with Crippen molar-refractivity contribution in [3.8, 4) is 0 Å². The largest absolute Gasteiger partial charge is 0.330 e. The van der Waals surface area contributed by atoms with Gasteiger partial charge in [-0.3, -0.25) is 0 Å². The van der Waals surface area contributed by atoms with Gasteiger partial charge in [-0.25, -0.2) is 9.97 Å². The van der Waals surface area contributed by atoms with Crippen LogP contribution in [0.1, 0.15) is 11.5 Å². The summed E-state index contributed by atoms with van der Waals surface area (Å²) in [6.45, 7) is 2.58. The third kappa shape index (κ3) is 2.01. The van der Waals surface area contributed by atoms with E-state index in [1.165, 1.54) is 0 Å². The number of para-hydroxylation sites is 1. The summed E-state index contributed by atoms with van der Waals surface area (Å²) in [7, 11) is 0. The lowest BCUT2D eigenvalue weighted by atomic mass is 10.2. The van der Waals surface area contributed by atoms with Crippen LogP contribution in [-0.2, 0) is 6.42 Å². The lowest BCUT2D eigenvalue weighted by molar-refractivity contribution is 0.869. The van der Waals surface area contributed by atoms with Crippen LogP contribution in [0.2, 0.25) is 0 Å². The molecule has 1 heterocycles. The van der Waals surface area contributed by atoms with Crippen LogP contribution in [0.3, 0.4) is 0 Å². The standard InChI is InChI=1S/C11H12BrN3/c1-7-8-3-2-4-9(12)11(8)15-10(14-7)5-6-13/h2-4H,5-6,13H2,1H3. The van der Waals surface area contributed by atoms with Gasteiger partial charge in [-0.2, -0.15) is 0 Å². The Balaban J connectivity index is 2.68. The van der Waals surface area contributed by atoms with Crippen molar-refractivity contribution in [1.82, 2.24) is 9.97 Å². The molecule has 0 atom stereocenters. The summed E-state index contributed by atoms with van der Waals surface area (Å²) < 4.78 is 1.00. The Labute approximate surface area is 96.9 Å². The highest BCUT2D eigenvalue weighted by Crippen LogP contribution is 2.23. The average Bonchev–Trinajstić information content (AvgIpc) is 2.20. The molecule has 0 saturated carbocycles. The van der Waals surface area contributed by atoms with E-state index in [2.05, 4.69) is 25.9 Å². The summed E-state index contributed by atoms with van der Waals surface area (Å²) in [5.74, 6) is 0.814. The first-order valence-corrected chi connectivity index (χ1v) is 5.63. The van der Waals surface area contributed by atoms with Crippen LogP contribution in [0.15, 0.2) is 22.7 Å². The summed E-state index contributed by atoms with van der Waals surface area (Å²) >= 11 is 3.49. The Bertz CT molecular complexity index is 496. The summed E-state index contributed by atoms with van der Waals surface area (Å²) in [5, 5.41) is 1.09. The highest BCUT2D eigenvalue weighted by Gasteiger charge is 2.06. The molecule has 0 amide bonds. The number of aromatic nitrogens is 2. The number of hydrogen-bond donors (Lipinski definition) is 1. The van der Waals surface area contributed by atoms with E-state index >= 15 is 0 Å². The summed E-state index contributed by atoms with van der Waals surface area (Å²) in [4.78, 5) is 8.91. The normalized spacial score (nSPS) is 10.9. The fraction of sp³-hybridized carbons (Fsp3) is 0.273. The zero-order valence-electron chi connectivity index (χ0n) is 8.50. The second kappa shape index (κ2) is 4.24. The number of nitrogens with two attached hydrogens (primary N) is 1. The van der Waals surface area contributed by atoms with Crippen molar-refractivity contribution in [3.63, 3.8) is 0 Å². The zero-order chi connectivity index (χ0) is 10.8. The average molecular weight is 266 g/mol. The van der Waals surface area contributed by atoms with Gasteiger partial charge in [0.1, 0.15) is 5.82 Å². The van der Waals surface area contributed by atoms with E-state index in [0.717, 1.165) is 33.3 Å². The molecule has 0 spiro atoms. The molecule has 0 saturated heterocycles. The van der Waals surface area contributed by atoms with E-state index in [1.807, 2.05) is 25.1 Å². The second-order valence-electron chi connectivity index (χ2n) is 3.40. The van der Waals surface area contributed by atoms with E-state index in [0.29, 0.717) is 6.54 Å². The lowest BCUT2D eigenvalue weighted by Crippen LogP contribution is -2.07.